The molecule has 1 aromatic heterocycles. The van der Waals surface area contributed by atoms with Crippen LogP contribution in [0.2, 0.25) is 0 Å². The fraction of sp³-hybridized carbons (Fsp3) is 0.600. The Hall–Kier alpha value is -2.95. The standard InChI is InChI=1S/C20H28N3O11P/c1-20(2,3)34-19(28)21-7-6-16(25)31-8-4-5-12-10-23(18(27)22-17(12)26)15-9-13(24)14(33-15)11-32-35(29)30/h10,13-15,24,35H,6-9,11H2,1-3H3,(H,21,28)(H,29,30)(H,22,26,27). The largest absolute Gasteiger partial charge is 0.452 e. The number of hydrogen-bond acceptors (Lipinski definition) is 10. The van der Waals surface area contributed by atoms with Crippen LogP contribution in [-0.2, 0) is 28.1 Å². The summed E-state index contributed by atoms with van der Waals surface area (Å²) in [6.07, 6.45) is -2.67. The molecular formula is C20H28N3O11P. The highest BCUT2D eigenvalue weighted by atomic mass is 31.1. The number of esters is 1. The zero-order valence-electron chi connectivity index (χ0n) is 19.4. The summed E-state index contributed by atoms with van der Waals surface area (Å²) in [5.41, 5.74) is -2.36. The van der Waals surface area contributed by atoms with Crippen LogP contribution in [0.5, 0.6) is 0 Å². The fourth-order valence-electron chi connectivity index (χ4n) is 2.88. The molecule has 15 heteroatoms. The van der Waals surface area contributed by atoms with Crippen LogP contribution in [0, 0.1) is 11.8 Å². The van der Waals surface area contributed by atoms with Crippen LogP contribution in [0.1, 0.15) is 45.4 Å². The third kappa shape index (κ3) is 9.67. The Labute approximate surface area is 200 Å². The van der Waals surface area contributed by atoms with Gasteiger partial charge in [-0.15, -0.1) is 0 Å². The predicted octanol–water partition coefficient (Wildman–Crippen LogP) is -0.607. The Bertz CT molecular complexity index is 1110. The van der Waals surface area contributed by atoms with Gasteiger partial charge in [0.2, 0.25) is 0 Å². The maximum absolute atomic E-state index is 12.2. The minimum Gasteiger partial charge on any atom is -0.452 e. The number of H-pyrrole nitrogens is 1. The summed E-state index contributed by atoms with van der Waals surface area (Å²) in [4.78, 5) is 58.3. The minimum atomic E-state index is -3.22. The van der Waals surface area contributed by atoms with Gasteiger partial charge < -0.3 is 34.1 Å². The van der Waals surface area contributed by atoms with E-state index < -0.39 is 55.6 Å². The van der Waals surface area contributed by atoms with E-state index in [4.69, 9.17) is 19.1 Å². The first-order valence-electron chi connectivity index (χ1n) is 10.5. The van der Waals surface area contributed by atoms with Gasteiger partial charge in [0, 0.05) is 19.2 Å². The summed E-state index contributed by atoms with van der Waals surface area (Å²) in [6, 6.07) is 0. The van der Waals surface area contributed by atoms with Gasteiger partial charge in [0.25, 0.3) is 5.56 Å². The first-order chi connectivity index (χ1) is 16.4. The number of aromatic nitrogens is 2. The van der Waals surface area contributed by atoms with Gasteiger partial charge in [0.05, 0.1) is 19.1 Å². The average molecular weight is 517 g/mol. The zero-order valence-corrected chi connectivity index (χ0v) is 20.4. The molecule has 35 heavy (non-hydrogen) atoms. The molecule has 4 atom stereocenters. The quantitative estimate of drug-likeness (QED) is 0.195. The summed E-state index contributed by atoms with van der Waals surface area (Å²) in [7, 11) is -3.22. The van der Waals surface area contributed by atoms with Crippen LogP contribution in [0.25, 0.3) is 0 Å². The minimum absolute atomic E-state index is 0.000457. The molecule has 1 saturated heterocycles. The molecule has 0 bridgehead atoms. The van der Waals surface area contributed by atoms with Crippen molar-refractivity contribution >= 4 is 20.3 Å². The number of aromatic amines is 1. The summed E-state index contributed by atoms with van der Waals surface area (Å²) < 4.78 is 31.7. The summed E-state index contributed by atoms with van der Waals surface area (Å²) in [5, 5.41) is 12.5. The van der Waals surface area contributed by atoms with Gasteiger partial charge in [-0.3, -0.25) is 23.7 Å². The number of carbonyl (C=O) groups excluding carboxylic acids is 2. The van der Waals surface area contributed by atoms with E-state index in [1.807, 2.05) is 0 Å². The van der Waals surface area contributed by atoms with Gasteiger partial charge in [-0.05, 0) is 20.8 Å². The van der Waals surface area contributed by atoms with Crippen LogP contribution >= 0.6 is 8.25 Å². The predicted molar refractivity (Wildman–Crippen MR) is 120 cm³/mol. The molecule has 0 aliphatic carbocycles. The maximum atomic E-state index is 12.2. The number of aliphatic hydroxyl groups is 1. The molecule has 0 spiro atoms. The molecule has 0 aromatic carbocycles. The summed E-state index contributed by atoms with van der Waals surface area (Å²) in [5.74, 6) is 4.33. The molecule has 4 unspecified atom stereocenters. The number of nitrogens with zero attached hydrogens (tertiary/aromatic N) is 1. The van der Waals surface area contributed by atoms with E-state index in [1.165, 1.54) is 0 Å². The van der Waals surface area contributed by atoms with Crippen molar-refractivity contribution in [3.05, 3.63) is 32.6 Å². The Morgan fingerprint density at radius 2 is 2.09 bits per heavy atom. The van der Waals surface area contributed by atoms with E-state index in [2.05, 4.69) is 26.7 Å². The molecular weight excluding hydrogens is 489 g/mol. The van der Waals surface area contributed by atoms with Crippen LogP contribution in [0.3, 0.4) is 0 Å². The van der Waals surface area contributed by atoms with Crippen LogP contribution in [-0.4, -0.2) is 69.2 Å². The van der Waals surface area contributed by atoms with E-state index in [-0.39, 0.29) is 38.2 Å². The monoisotopic (exact) mass is 517 g/mol. The van der Waals surface area contributed by atoms with E-state index >= 15 is 0 Å². The topological polar surface area (TPSA) is 195 Å². The van der Waals surface area contributed by atoms with E-state index in [9.17, 15) is 28.8 Å². The van der Waals surface area contributed by atoms with Crippen LogP contribution in [0.4, 0.5) is 4.79 Å². The van der Waals surface area contributed by atoms with E-state index in [0.29, 0.717) is 0 Å². The van der Waals surface area contributed by atoms with Crippen LogP contribution < -0.4 is 16.6 Å². The molecule has 1 fully saturated rings. The Morgan fingerprint density at radius 3 is 2.74 bits per heavy atom. The van der Waals surface area contributed by atoms with Crippen molar-refractivity contribution in [2.75, 3.05) is 19.8 Å². The van der Waals surface area contributed by atoms with Gasteiger partial charge in [-0.25, -0.2) is 9.59 Å². The highest BCUT2D eigenvalue weighted by Gasteiger charge is 2.36. The number of alkyl carbamates (subject to hydrolysis) is 1. The highest BCUT2D eigenvalue weighted by molar-refractivity contribution is 7.32. The molecule has 194 valence electrons. The normalized spacial score (nSPS) is 20.4. The lowest BCUT2D eigenvalue weighted by Crippen LogP contribution is -2.34. The molecule has 0 saturated carbocycles. The Morgan fingerprint density at radius 1 is 1.37 bits per heavy atom. The number of hydrogen-bond donors (Lipinski definition) is 4. The molecule has 1 aliphatic rings. The second kappa shape index (κ2) is 12.7. The number of aliphatic hydroxyl groups excluding tert-OH is 1. The van der Waals surface area contributed by atoms with Gasteiger partial charge in [-0.1, -0.05) is 11.8 Å². The fourth-order valence-corrected chi connectivity index (χ4v) is 3.19. The lowest BCUT2D eigenvalue weighted by molar-refractivity contribution is -0.142. The van der Waals surface area contributed by atoms with Crippen LogP contribution in [0.15, 0.2) is 15.8 Å². The summed E-state index contributed by atoms with van der Waals surface area (Å²) >= 11 is 0. The Balaban J connectivity index is 1.91. The number of carbonyl (C=O) groups is 2. The average Bonchev–Trinajstić information content (AvgIpc) is 3.09. The maximum Gasteiger partial charge on any atom is 0.407 e. The molecule has 2 rings (SSSR count). The molecule has 1 aliphatic heterocycles. The first-order valence-corrected chi connectivity index (χ1v) is 11.8. The number of amides is 1. The van der Waals surface area contributed by atoms with Crippen molar-refractivity contribution in [3.63, 3.8) is 0 Å². The second-order valence-corrected chi connectivity index (χ2v) is 9.18. The third-order valence-corrected chi connectivity index (χ3v) is 4.79. The number of rotatable bonds is 8. The molecule has 2 heterocycles. The van der Waals surface area contributed by atoms with E-state index in [1.54, 1.807) is 20.8 Å². The summed E-state index contributed by atoms with van der Waals surface area (Å²) in [6.45, 7) is 4.42. The van der Waals surface area contributed by atoms with Gasteiger partial charge >= 0.3 is 26.0 Å². The molecule has 14 nitrogen and oxygen atoms in total. The number of nitrogens with one attached hydrogen (secondary N) is 2. The van der Waals surface area contributed by atoms with E-state index in [0.717, 1.165) is 10.8 Å². The van der Waals surface area contributed by atoms with Crippen molar-refractivity contribution in [2.24, 2.45) is 0 Å². The van der Waals surface area contributed by atoms with Gasteiger partial charge in [0.15, 0.2) is 6.61 Å². The van der Waals surface area contributed by atoms with Gasteiger partial charge in [0.1, 0.15) is 23.5 Å². The highest BCUT2D eigenvalue weighted by Crippen LogP contribution is 2.29. The molecule has 1 amide bonds. The molecule has 1 aromatic rings. The smallest absolute Gasteiger partial charge is 0.407 e. The molecule has 0 radical (unpaired) electrons. The first kappa shape index (κ1) is 28.3. The van der Waals surface area contributed by atoms with Crippen molar-refractivity contribution in [2.45, 2.75) is 57.6 Å². The van der Waals surface area contributed by atoms with Crippen molar-refractivity contribution in [1.82, 2.24) is 14.9 Å². The van der Waals surface area contributed by atoms with Gasteiger partial charge in [-0.2, -0.15) is 0 Å². The van der Waals surface area contributed by atoms with Crippen molar-refractivity contribution in [1.29, 1.82) is 0 Å². The molecule has 4 N–H and O–H groups in total. The third-order valence-electron chi connectivity index (χ3n) is 4.38. The zero-order chi connectivity index (χ0) is 26.2. The lowest BCUT2D eigenvalue weighted by Gasteiger charge is -2.19. The lowest BCUT2D eigenvalue weighted by atomic mass is 10.2. The van der Waals surface area contributed by atoms with Crippen molar-refractivity contribution < 1.29 is 42.9 Å². The second-order valence-electron chi connectivity index (χ2n) is 8.36. The number of ether oxygens (including phenoxy) is 3. The SMILES string of the molecule is CC(C)(C)OC(=O)NCCC(=O)OCC#Cc1cn(C2CC(O)C(CO[PH](=O)O)O2)c(=O)[nH]c1=O. The van der Waals surface area contributed by atoms with Crippen molar-refractivity contribution in [3.8, 4) is 11.8 Å². The Kier molecular flexibility index (Phi) is 10.2.